The van der Waals surface area contributed by atoms with Crippen molar-refractivity contribution < 1.29 is 28.4 Å². The Morgan fingerprint density at radius 1 is 0.295 bits per heavy atom. The van der Waals surface area contributed by atoms with E-state index in [1.54, 1.807) is 0 Å². The lowest BCUT2D eigenvalue weighted by Crippen LogP contribution is -2.50. The third kappa shape index (κ3) is 78.7. The Balaban J connectivity index is 0.000000762. The summed E-state index contributed by atoms with van der Waals surface area (Å²) in [7, 11) is 2.22. The molecule has 0 aromatic carbocycles. The van der Waals surface area contributed by atoms with Crippen LogP contribution < -0.4 is 10.6 Å². The van der Waals surface area contributed by atoms with Gasteiger partial charge in [-0.05, 0) is 255 Å². The number of rotatable bonds is 31. The number of piperidine rings is 1. The molecule has 8 heterocycles. The maximum Gasteiger partial charge on any atom is 0.0600 e. The zero-order valence-electron chi connectivity index (χ0n) is 96.6. The predicted molar refractivity (Wildman–Crippen MR) is 575 cm³/mol. The molecule has 8 fully saturated rings. The molecule has 0 amide bonds. The average molecular weight is 1880 g/mol. The van der Waals surface area contributed by atoms with Crippen molar-refractivity contribution in [3.05, 3.63) is 0 Å². The minimum atomic E-state index is -0.0217. The van der Waals surface area contributed by atoms with Crippen LogP contribution in [-0.2, 0) is 28.4 Å². The fourth-order valence-electron chi connectivity index (χ4n) is 17.2. The van der Waals surface area contributed by atoms with Gasteiger partial charge in [0.05, 0.1) is 74.3 Å². The summed E-state index contributed by atoms with van der Waals surface area (Å²) in [6, 6.07) is 0.731. The van der Waals surface area contributed by atoms with E-state index in [-0.39, 0.29) is 39.0 Å². The first-order valence-electron chi connectivity index (χ1n) is 53.8. The van der Waals surface area contributed by atoms with Crippen molar-refractivity contribution in [1.29, 1.82) is 0 Å². The molecule has 8 saturated heterocycles. The van der Waals surface area contributed by atoms with Crippen LogP contribution in [0.2, 0.25) is 0 Å². The van der Waals surface area contributed by atoms with E-state index in [1.165, 1.54) is 189 Å². The second-order valence-electron chi connectivity index (χ2n) is 53.8. The SMILES string of the molecule is CC(C)(C)CN1CCC(C(C)(C)C)CC1.CC(C)(C)CNCCN1CCN(CCOC(C)(C)C)CC1.CC(C)(C)COCCN1CCN(CCOC(C)(C)C)CC1.CC(C)(C)NCCN1CCN(CCOC(C)(C)C)CC1.CC(C)(C)OCCN1CCN(CCOC(C)(C)C)CC1.CC1CCN(CC(C)(C)C)C1.CCN1CCN(C(C)C)CC1.CN1CCCN(CC(C)(C)C)CC1. The number of nitrogens with zero attached hydrogens (tertiary/aromatic N) is 14. The number of piperazine rings is 5. The maximum absolute atomic E-state index is 5.80. The topological polar surface area (TPSA) is 125 Å². The molecule has 0 aromatic heterocycles. The van der Waals surface area contributed by atoms with Crippen LogP contribution in [0.1, 0.15) is 303 Å². The van der Waals surface area contributed by atoms with E-state index in [0.29, 0.717) is 27.1 Å². The molecule has 22 nitrogen and oxygen atoms in total. The normalized spacial score (nSPS) is 21.0. The fourth-order valence-corrected chi connectivity index (χ4v) is 17.2. The van der Waals surface area contributed by atoms with Crippen LogP contribution in [0.25, 0.3) is 0 Å². The second-order valence-corrected chi connectivity index (χ2v) is 53.8. The summed E-state index contributed by atoms with van der Waals surface area (Å²) in [5.74, 6) is 1.85. The van der Waals surface area contributed by atoms with Gasteiger partial charge in [-0.1, -0.05) is 138 Å². The molecule has 2 N–H and O–H groups in total. The Labute approximate surface area is 824 Å². The Hall–Kier alpha value is -0.880. The number of likely N-dealkylation sites (tertiary alicyclic amines) is 2. The summed E-state index contributed by atoms with van der Waals surface area (Å²) in [6.45, 7) is 146. The van der Waals surface area contributed by atoms with Crippen molar-refractivity contribution in [3.8, 4) is 0 Å². The van der Waals surface area contributed by atoms with E-state index in [4.69, 9.17) is 28.4 Å². The Kier molecular flexibility index (Phi) is 62.6. The lowest BCUT2D eigenvalue weighted by atomic mass is 9.75. The standard InChI is InChI=1S/C17H37N3O.C17H36N2O2.C16H35N3O.C16H34N2O2.C14H29N.C11H24N2.C10H21N.C9H20N2/c1-16(2,3)15-18-7-8-19-9-11-20(12-10-19)13-14-21-17(4,5)6;1-16(2,3)15-20-13-11-18-7-9-19(10-8-18)12-14-21-17(4,5)6;1-15(2,3)17-7-8-18-9-11-19(12-10-18)13-14-20-16(4,5)6;1-15(2,3)19-13-11-17-7-9-18(10-8-17)12-14-20-16(4,5)6;1-13(2,3)11-15-9-7-12(8-10-15)14(4,5)6;1-11(2,3)10-13-7-5-6-12(4)8-9-13;1-9-5-6-11(7-9)8-10(2,3)4;1-4-10-5-7-11(8-6-10)9(2)3/h18H,7-15H2,1-6H3;7-15H2,1-6H3;17H,7-14H2,1-6H3;7-14H2,1-6H3;12H,7-11H2,1-6H3;5-10H2,1-4H3;9H,5-8H2,1-4H3;9H,4-8H2,1-3H3. The number of hydrogen-bond acceptors (Lipinski definition) is 22. The van der Waals surface area contributed by atoms with Crippen LogP contribution in [0.3, 0.4) is 0 Å². The van der Waals surface area contributed by atoms with E-state index in [0.717, 1.165) is 182 Å². The van der Waals surface area contributed by atoms with Crippen LogP contribution in [-0.4, -0.2) is 443 Å². The Morgan fingerprint density at radius 2 is 0.591 bits per heavy atom. The average Bonchev–Trinajstić information content (AvgIpc) is 0.885. The zero-order valence-corrected chi connectivity index (χ0v) is 96.6. The molecule has 0 saturated carbocycles. The molecule has 8 aliphatic rings. The lowest BCUT2D eigenvalue weighted by molar-refractivity contribution is -0.0280. The molecule has 0 aromatic rings. The molecule has 1 atom stereocenters. The van der Waals surface area contributed by atoms with E-state index in [9.17, 15) is 0 Å². The Bertz CT molecular complexity index is 2560. The molecule has 0 radical (unpaired) electrons. The van der Waals surface area contributed by atoms with Crippen LogP contribution in [0.4, 0.5) is 0 Å². The van der Waals surface area contributed by atoms with Gasteiger partial charge in [0, 0.05) is 254 Å². The van der Waals surface area contributed by atoms with Crippen molar-refractivity contribution >= 4 is 0 Å². The summed E-state index contributed by atoms with van der Waals surface area (Å²) in [5, 5.41) is 7.12. The number of nitrogens with one attached hydrogen (secondary N) is 2. The molecule has 22 heteroatoms. The summed E-state index contributed by atoms with van der Waals surface area (Å²) in [6.07, 6.45) is 5.50. The van der Waals surface area contributed by atoms with Crippen LogP contribution in [0, 0.1) is 44.3 Å². The summed E-state index contributed by atoms with van der Waals surface area (Å²) >= 11 is 0. The van der Waals surface area contributed by atoms with Gasteiger partial charge in [-0.25, -0.2) is 0 Å². The molecule has 1 unspecified atom stereocenters. The molecule has 792 valence electrons. The van der Waals surface area contributed by atoms with Crippen molar-refractivity contribution in [1.82, 2.24) is 79.2 Å². The monoisotopic (exact) mass is 1880 g/mol. The van der Waals surface area contributed by atoms with Crippen molar-refractivity contribution in [2.24, 2.45) is 44.3 Å². The first-order valence-corrected chi connectivity index (χ1v) is 53.8. The molecule has 0 aliphatic carbocycles. The third-order valence-corrected chi connectivity index (χ3v) is 24.8. The van der Waals surface area contributed by atoms with Crippen molar-refractivity contribution in [2.45, 2.75) is 342 Å². The predicted octanol–water partition coefficient (Wildman–Crippen LogP) is 17.4. The number of likely N-dealkylation sites (N-methyl/N-ethyl adjacent to an activating group) is 2. The molecular weight excluding hydrogens is 1640 g/mol. The third-order valence-electron chi connectivity index (χ3n) is 24.8. The maximum atomic E-state index is 5.80. The van der Waals surface area contributed by atoms with Gasteiger partial charge in [0.1, 0.15) is 0 Å². The van der Waals surface area contributed by atoms with Gasteiger partial charge in [0.25, 0.3) is 0 Å². The van der Waals surface area contributed by atoms with E-state index < -0.39 is 0 Å². The first kappa shape index (κ1) is 129. The highest BCUT2D eigenvalue weighted by Crippen LogP contribution is 2.35. The van der Waals surface area contributed by atoms with Gasteiger partial charge in [0.2, 0.25) is 0 Å². The van der Waals surface area contributed by atoms with Crippen LogP contribution >= 0.6 is 0 Å². The molecule has 0 spiro atoms. The van der Waals surface area contributed by atoms with E-state index in [1.807, 2.05) is 0 Å². The summed E-state index contributed by atoms with van der Waals surface area (Å²) in [4.78, 5) is 35.5. The van der Waals surface area contributed by atoms with Gasteiger partial charge < -0.3 is 63.6 Å². The highest BCUT2D eigenvalue weighted by molar-refractivity contribution is 4.86. The number of hydrogen-bond donors (Lipinski definition) is 2. The van der Waals surface area contributed by atoms with Crippen molar-refractivity contribution in [3.63, 3.8) is 0 Å². The lowest BCUT2D eigenvalue weighted by Gasteiger charge is -2.40. The molecule has 132 heavy (non-hydrogen) atoms. The van der Waals surface area contributed by atoms with Gasteiger partial charge in [-0.3, -0.25) is 44.1 Å². The highest BCUT2D eigenvalue weighted by Gasteiger charge is 2.32. The van der Waals surface area contributed by atoms with Gasteiger partial charge >= 0.3 is 0 Å². The quantitative estimate of drug-likeness (QED) is 0.0639. The summed E-state index contributed by atoms with van der Waals surface area (Å²) < 4.78 is 34.7. The number of ether oxygens (including phenoxy) is 6. The zero-order chi connectivity index (χ0) is 101. The van der Waals surface area contributed by atoms with E-state index in [2.05, 4.69) is 363 Å². The van der Waals surface area contributed by atoms with Crippen LogP contribution in [0.5, 0.6) is 0 Å². The van der Waals surface area contributed by atoms with Crippen molar-refractivity contribution in [2.75, 3.05) is 335 Å². The smallest absolute Gasteiger partial charge is 0.0600 e. The van der Waals surface area contributed by atoms with Gasteiger partial charge in [-0.2, -0.15) is 0 Å². The second kappa shape index (κ2) is 64.0. The first-order chi connectivity index (χ1) is 60.5. The molecule has 8 aliphatic heterocycles. The fraction of sp³-hybridized carbons (Fsp3) is 1.00. The van der Waals surface area contributed by atoms with E-state index >= 15 is 0 Å². The largest absolute Gasteiger partial charge is 0.380 e. The molecule has 8 rings (SSSR count). The molecular formula is C110H236N16O6. The summed E-state index contributed by atoms with van der Waals surface area (Å²) in [5.41, 5.74) is 2.67. The van der Waals surface area contributed by atoms with Gasteiger partial charge in [0.15, 0.2) is 0 Å². The minimum Gasteiger partial charge on any atom is -0.380 e. The minimum absolute atomic E-state index is 0.0133. The Morgan fingerprint density at radius 3 is 0.871 bits per heavy atom. The highest BCUT2D eigenvalue weighted by atomic mass is 16.5. The van der Waals surface area contributed by atoms with Crippen LogP contribution in [0.15, 0.2) is 0 Å². The molecule has 0 bridgehead atoms. The van der Waals surface area contributed by atoms with Gasteiger partial charge in [-0.15, -0.1) is 0 Å².